The zero-order valence-corrected chi connectivity index (χ0v) is 13.4. The van der Waals surface area contributed by atoms with Gasteiger partial charge < -0.3 is 5.32 Å². The van der Waals surface area contributed by atoms with Crippen molar-refractivity contribution in [3.05, 3.63) is 65.0 Å². The maximum atomic E-state index is 13.1. The number of nitrogens with zero attached hydrogens (tertiary/aromatic N) is 1. The molecule has 1 atom stereocenters. The Labute approximate surface area is 139 Å². The Morgan fingerprint density at radius 2 is 1.83 bits per heavy atom. The van der Waals surface area contributed by atoms with E-state index in [1.54, 1.807) is 18.3 Å². The molecule has 2 heterocycles. The Hall–Kier alpha value is -2.74. The highest BCUT2D eigenvalue weighted by molar-refractivity contribution is 5.86. The van der Waals surface area contributed by atoms with Crippen molar-refractivity contribution < 1.29 is 13.6 Å². The predicted octanol–water partition coefficient (Wildman–Crippen LogP) is 3.14. The largest absolute Gasteiger partial charge is 0.351 e. The third-order valence-electron chi connectivity index (χ3n) is 3.91. The van der Waals surface area contributed by atoms with Crippen LogP contribution in [0.25, 0.3) is 0 Å². The van der Waals surface area contributed by atoms with Crippen LogP contribution in [0.3, 0.4) is 0 Å². The van der Waals surface area contributed by atoms with Gasteiger partial charge in [0.2, 0.25) is 5.91 Å². The molecule has 1 saturated heterocycles. The number of amides is 1. The molecule has 0 bridgehead atoms. The molecule has 1 aromatic heterocycles. The molecule has 0 aliphatic carbocycles. The van der Waals surface area contributed by atoms with Gasteiger partial charge in [0.25, 0.3) is 0 Å². The minimum atomic E-state index is -0.926. The molecule has 1 unspecified atom stereocenters. The molecule has 1 N–H and O–H groups in total. The van der Waals surface area contributed by atoms with Crippen LogP contribution in [0.2, 0.25) is 0 Å². The lowest BCUT2D eigenvalue weighted by Gasteiger charge is -2.16. The van der Waals surface area contributed by atoms with E-state index < -0.39 is 11.6 Å². The first-order chi connectivity index (χ1) is 11.3. The fourth-order valence-corrected chi connectivity index (χ4v) is 2.72. The normalized spacial score (nSPS) is 18.7. The van der Waals surface area contributed by atoms with Crippen LogP contribution in [0.1, 0.15) is 43.0 Å². The van der Waals surface area contributed by atoms with Crippen LogP contribution in [0, 0.1) is 23.5 Å². The molecule has 1 aliphatic rings. The van der Waals surface area contributed by atoms with Crippen LogP contribution in [0.4, 0.5) is 8.78 Å². The number of nitrogens with one attached hydrogen (secondary N) is 1. The fourth-order valence-electron chi connectivity index (χ4n) is 2.72. The summed E-state index contributed by atoms with van der Waals surface area (Å²) in [7, 11) is 0. The molecule has 3 rings (SSSR count). The second-order valence-corrected chi connectivity index (χ2v) is 6.48. The van der Waals surface area contributed by atoms with E-state index in [-0.39, 0.29) is 17.4 Å². The highest BCUT2D eigenvalue weighted by Gasteiger charge is 2.38. The highest BCUT2D eigenvalue weighted by Crippen LogP contribution is 2.31. The van der Waals surface area contributed by atoms with Gasteiger partial charge in [-0.05, 0) is 50.6 Å². The summed E-state index contributed by atoms with van der Waals surface area (Å²) in [6, 6.07) is 7.06. The average Bonchev–Trinajstić information content (AvgIpc) is 2.82. The van der Waals surface area contributed by atoms with Gasteiger partial charge in [0, 0.05) is 22.9 Å². The topological polar surface area (TPSA) is 42.0 Å². The maximum absolute atomic E-state index is 13.1. The predicted molar refractivity (Wildman–Crippen MR) is 86.2 cm³/mol. The number of benzene rings is 1. The van der Waals surface area contributed by atoms with Crippen LogP contribution in [-0.4, -0.2) is 16.4 Å². The minimum Gasteiger partial charge on any atom is -0.351 e. The number of carbonyl (C=O) groups is 1. The Morgan fingerprint density at radius 1 is 1.12 bits per heavy atom. The molecule has 1 amide bonds. The van der Waals surface area contributed by atoms with E-state index in [1.807, 2.05) is 13.8 Å². The molecule has 5 heteroatoms. The summed E-state index contributed by atoms with van der Waals surface area (Å²) in [6.07, 6.45) is 2.28. The van der Waals surface area contributed by atoms with Gasteiger partial charge in [0.15, 0.2) is 11.6 Å². The summed E-state index contributed by atoms with van der Waals surface area (Å²) in [5.74, 6) is 3.51. The van der Waals surface area contributed by atoms with E-state index in [4.69, 9.17) is 0 Å². The Bertz CT molecular complexity index is 848. The van der Waals surface area contributed by atoms with Crippen molar-refractivity contribution in [2.24, 2.45) is 0 Å². The third-order valence-corrected chi connectivity index (χ3v) is 3.91. The minimum absolute atomic E-state index is 0.0203. The van der Waals surface area contributed by atoms with Crippen LogP contribution in [0.5, 0.6) is 0 Å². The second kappa shape index (κ2) is 6.04. The van der Waals surface area contributed by atoms with Crippen molar-refractivity contribution >= 4 is 5.91 Å². The van der Waals surface area contributed by atoms with Crippen molar-refractivity contribution in [2.75, 3.05) is 0 Å². The third kappa shape index (κ3) is 3.43. The number of carbonyl (C=O) groups excluding carboxylic acids is 1. The lowest BCUT2D eigenvalue weighted by atomic mass is 9.94. The average molecular weight is 326 g/mol. The van der Waals surface area contributed by atoms with Crippen molar-refractivity contribution in [1.82, 2.24) is 10.3 Å². The van der Waals surface area contributed by atoms with Crippen molar-refractivity contribution in [3.63, 3.8) is 0 Å². The molecule has 122 valence electrons. The summed E-state index contributed by atoms with van der Waals surface area (Å²) < 4.78 is 26.0. The smallest absolute Gasteiger partial charge is 0.229 e. The van der Waals surface area contributed by atoms with Gasteiger partial charge in [-0.25, -0.2) is 8.78 Å². The Balaban J connectivity index is 1.77. The fraction of sp³-hybridized carbons (Fsp3) is 0.263. The summed E-state index contributed by atoms with van der Waals surface area (Å²) in [5, 5.41) is 2.94. The van der Waals surface area contributed by atoms with Gasteiger partial charge in [-0.15, -0.1) is 0 Å². The molecule has 0 radical (unpaired) electrons. The van der Waals surface area contributed by atoms with E-state index in [2.05, 4.69) is 22.1 Å². The van der Waals surface area contributed by atoms with Crippen LogP contribution in [-0.2, 0) is 4.79 Å². The molecular formula is C19H16F2N2O. The zero-order chi connectivity index (χ0) is 17.3. The molecule has 1 aliphatic heterocycles. The van der Waals surface area contributed by atoms with Gasteiger partial charge in [0.1, 0.15) is 0 Å². The van der Waals surface area contributed by atoms with Crippen LogP contribution >= 0.6 is 0 Å². The summed E-state index contributed by atoms with van der Waals surface area (Å²) in [6.45, 7) is 3.96. The lowest BCUT2D eigenvalue weighted by molar-refractivity contribution is -0.120. The number of hydrogen-bond donors (Lipinski definition) is 1. The number of halogens is 2. The van der Waals surface area contributed by atoms with E-state index >= 15 is 0 Å². The Kier molecular flexibility index (Phi) is 4.06. The molecule has 3 nitrogen and oxygen atoms in total. The first kappa shape index (κ1) is 16.1. The summed E-state index contributed by atoms with van der Waals surface area (Å²) >= 11 is 0. The van der Waals surface area contributed by atoms with Gasteiger partial charge >= 0.3 is 0 Å². The number of rotatable bonds is 1. The molecule has 0 spiro atoms. The quantitative estimate of drug-likeness (QED) is 0.818. The lowest BCUT2D eigenvalue weighted by Crippen LogP contribution is -2.34. The van der Waals surface area contributed by atoms with Crippen molar-refractivity contribution in [2.45, 2.75) is 31.7 Å². The van der Waals surface area contributed by atoms with Gasteiger partial charge in [-0.3, -0.25) is 9.78 Å². The van der Waals surface area contributed by atoms with Crippen LogP contribution in [0.15, 0.2) is 36.5 Å². The molecule has 24 heavy (non-hydrogen) atoms. The maximum Gasteiger partial charge on any atom is 0.229 e. The highest BCUT2D eigenvalue weighted by atomic mass is 19.2. The monoisotopic (exact) mass is 326 g/mol. The molecule has 0 saturated carbocycles. The Morgan fingerprint density at radius 3 is 2.42 bits per heavy atom. The van der Waals surface area contributed by atoms with Gasteiger partial charge in [-0.2, -0.15) is 0 Å². The van der Waals surface area contributed by atoms with Crippen molar-refractivity contribution in [1.29, 1.82) is 0 Å². The second-order valence-electron chi connectivity index (χ2n) is 6.48. The molecule has 2 aromatic rings. The first-order valence-electron chi connectivity index (χ1n) is 7.59. The summed E-state index contributed by atoms with van der Waals surface area (Å²) in [5.41, 5.74) is 1.50. The number of pyridine rings is 1. The van der Waals surface area contributed by atoms with E-state index in [0.29, 0.717) is 23.2 Å². The molecule has 1 fully saturated rings. The van der Waals surface area contributed by atoms with Crippen molar-refractivity contribution in [3.8, 4) is 11.8 Å². The molecule has 1 aromatic carbocycles. The van der Waals surface area contributed by atoms with E-state index in [1.165, 1.54) is 6.07 Å². The van der Waals surface area contributed by atoms with Gasteiger partial charge in [0.05, 0.1) is 11.6 Å². The standard InChI is InChI=1S/C19H16F2N2O/c1-19(2)10-14(18(24)23-19)17-8-6-13(11-22-17)4-3-12-5-7-15(20)16(21)9-12/h5-9,11,14H,10H2,1-2H3,(H,23,24). The zero-order valence-electron chi connectivity index (χ0n) is 13.4. The number of hydrogen-bond acceptors (Lipinski definition) is 2. The molecular weight excluding hydrogens is 310 g/mol. The number of aromatic nitrogens is 1. The SMILES string of the molecule is CC1(C)CC(c2ccc(C#Cc3ccc(F)c(F)c3)cn2)C(=O)N1. The van der Waals surface area contributed by atoms with Gasteiger partial charge in [-0.1, -0.05) is 11.8 Å². The first-order valence-corrected chi connectivity index (χ1v) is 7.59. The van der Waals surface area contributed by atoms with E-state index in [0.717, 1.165) is 12.1 Å². The van der Waals surface area contributed by atoms with Crippen LogP contribution < -0.4 is 5.32 Å². The van der Waals surface area contributed by atoms with E-state index in [9.17, 15) is 13.6 Å². The summed E-state index contributed by atoms with van der Waals surface area (Å²) in [4.78, 5) is 16.3.